The lowest BCUT2D eigenvalue weighted by molar-refractivity contribution is 0.439. The van der Waals surface area contributed by atoms with Gasteiger partial charge in [0, 0.05) is 12.6 Å². The van der Waals surface area contributed by atoms with E-state index < -0.39 is 10.0 Å². The van der Waals surface area contributed by atoms with E-state index >= 15 is 0 Å². The number of pyridine rings is 1. The van der Waals surface area contributed by atoms with Crippen LogP contribution in [-0.4, -0.2) is 31.1 Å². The number of rotatable bonds is 6. The molecule has 1 unspecified atom stereocenters. The molecule has 1 atom stereocenters. The van der Waals surface area contributed by atoms with Crippen LogP contribution < -0.4 is 10.5 Å². The summed E-state index contributed by atoms with van der Waals surface area (Å²) in [6.07, 6.45) is 4.09. The van der Waals surface area contributed by atoms with Crippen LogP contribution in [0.15, 0.2) is 21.7 Å². The van der Waals surface area contributed by atoms with Gasteiger partial charge in [-0.05, 0) is 31.2 Å². The van der Waals surface area contributed by atoms with Crippen LogP contribution in [0.3, 0.4) is 0 Å². The quantitative estimate of drug-likeness (QED) is 0.816. The van der Waals surface area contributed by atoms with Gasteiger partial charge in [0.25, 0.3) is 5.71 Å². The maximum Gasteiger partial charge on any atom is 0.258 e. The minimum atomic E-state index is -3.62. The van der Waals surface area contributed by atoms with Crippen molar-refractivity contribution >= 4 is 21.1 Å². The Hall–Kier alpha value is -1.51. The number of sulfonamides is 1. The third-order valence-corrected chi connectivity index (χ3v) is 5.15. The molecule has 1 aliphatic rings. The van der Waals surface area contributed by atoms with Gasteiger partial charge in [0.2, 0.25) is 10.0 Å². The molecule has 0 aliphatic heterocycles. The van der Waals surface area contributed by atoms with Crippen LogP contribution in [0.1, 0.15) is 25.5 Å². The van der Waals surface area contributed by atoms with Crippen molar-refractivity contribution in [1.29, 1.82) is 0 Å². The third kappa shape index (κ3) is 2.92. The van der Waals surface area contributed by atoms with Crippen LogP contribution in [0.25, 0.3) is 11.1 Å². The minimum absolute atomic E-state index is 0.107. The molecule has 114 valence electrons. The smallest absolute Gasteiger partial charge is 0.258 e. The summed E-state index contributed by atoms with van der Waals surface area (Å²) in [6, 6.07) is 1.42. The normalized spacial score (nSPS) is 17.2. The molecule has 3 N–H and O–H groups in total. The van der Waals surface area contributed by atoms with Crippen molar-refractivity contribution in [3.05, 3.63) is 18.0 Å². The van der Waals surface area contributed by atoms with Crippen molar-refractivity contribution < 1.29 is 12.9 Å². The Morgan fingerprint density at radius 3 is 2.95 bits per heavy atom. The van der Waals surface area contributed by atoms with E-state index in [1.54, 1.807) is 6.07 Å². The molecular formula is C13H18N4O3S. The fraction of sp³-hybridized carbons (Fsp3) is 0.538. The average molecular weight is 310 g/mol. The molecule has 2 aromatic rings. The number of hydrogen-bond acceptors (Lipinski definition) is 6. The zero-order chi connectivity index (χ0) is 15.0. The summed E-state index contributed by atoms with van der Waals surface area (Å²) >= 11 is 0. The lowest BCUT2D eigenvalue weighted by atomic mass is 10.2. The first-order valence-electron chi connectivity index (χ1n) is 7.01. The second-order valence-electron chi connectivity index (χ2n) is 5.36. The Bertz CT molecular complexity index is 752. The van der Waals surface area contributed by atoms with Gasteiger partial charge in [-0.15, -0.1) is 0 Å². The van der Waals surface area contributed by atoms with Gasteiger partial charge >= 0.3 is 0 Å². The highest BCUT2D eigenvalue weighted by molar-refractivity contribution is 7.89. The van der Waals surface area contributed by atoms with E-state index in [0.29, 0.717) is 29.1 Å². The van der Waals surface area contributed by atoms with E-state index in [0.717, 1.165) is 12.8 Å². The number of nitrogens with zero attached hydrogens (tertiary/aromatic N) is 2. The van der Waals surface area contributed by atoms with E-state index in [1.807, 2.05) is 6.92 Å². The van der Waals surface area contributed by atoms with Crippen LogP contribution in [0.2, 0.25) is 0 Å². The lowest BCUT2D eigenvalue weighted by Crippen LogP contribution is -2.38. The molecule has 0 amide bonds. The number of nitrogens with two attached hydrogens (primary N) is 1. The SMILES string of the molecule is CCc1noc2ncc(S(=O)(=O)NCC(N)C3CC3)cc12. The summed E-state index contributed by atoms with van der Waals surface area (Å²) in [5.41, 5.74) is 6.96. The average Bonchev–Trinajstić information content (AvgIpc) is 3.24. The Balaban J connectivity index is 1.83. The zero-order valence-electron chi connectivity index (χ0n) is 11.7. The number of nitrogens with one attached hydrogen (secondary N) is 1. The minimum Gasteiger partial charge on any atom is -0.336 e. The molecular weight excluding hydrogens is 292 g/mol. The number of fused-ring (bicyclic) bond motifs is 1. The largest absolute Gasteiger partial charge is 0.336 e. The molecule has 0 spiro atoms. The van der Waals surface area contributed by atoms with Gasteiger partial charge in [-0.25, -0.2) is 18.1 Å². The number of hydrogen-bond donors (Lipinski definition) is 2. The van der Waals surface area contributed by atoms with Crippen molar-refractivity contribution in [2.75, 3.05) is 6.54 Å². The van der Waals surface area contributed by atoms with E-state index in [2.05, 4.69) is 14.9 Å². The number of aryl methyl sites for hydroxylation is 1. The van der Waals surface area contributed by atoms with E-state index in [1.165, 1.54) is 6.20 Å². The monoisotopic (exact) mass is 310 g/mol. The molecule has 1 fully saturated rings. The molecule has 0 saturated heterocycles. The Labute approximate surface area is 122 Å². The van der Waals surface area contributed by atoms with E-state index in [9.17, 15) is 8.42 Å². The predicted octanol–water partition coefficient (Wildman–Crippen LogP) is 0.801. The maximum absolute atomic E-state index is 12.3. The van der Waals surface area contributed by atoms with Gasteiger partial charge in [-0.1, -0.05) is 12.1 Å². The first kappa shape index (κ1) is 14.4. The van der Waals surface area contributed by atoms with Crippen LogP contribution >= 0.6 is 0 Å². The van der Waals surface area contributed by atoms with Gasteiger partial charge in [0.15, 0.2) is 0 Å². The van der Waals surface area contributed by atoms with Crippen LogP contribution in [0.4, 0.5) is 0 Å². The van der Waals surface area contributed by atoms with Crippen LogP contribution in [0, 0.1) is 5.92 Å². The highest BCUT2D eigenvalue weighted by Gasteiger charge is 2.29. The number of aromatic nitrogens is 2. The molecule has 1 aliphatic carbocycles. The second kappa shape index (κ2) is 5.36. The molecule has 21 heavy (non-hydrogen) atoms. The highest BCUT2D eigenvalue weighted by Crippen LogP contribution is 2.31. The predicted molar refractivity (Wildman–Crippen MR) is 77.1 cm³/mol. The summed E-state index contributed by atoms with van der Waals surface area (Å²) in [4.78, 5) is 4.12. The van der Waals surface area contributed by atoms with Gasteiger partial charge in [-0.3, -0.25) is 0 Å². The van der Waals surface area contributed by atoms with Crippen molar-refractivity contribution in [3.63, 3.8) is 0 Å². The summed E-state index contributed by atoms with van der Waals surface area (Å²) < 4.78 is 32.2. The third-order valence-electron chi connectivity index (χ3n) is 3.76. The van der Waals surface area contributed by atoms with E-state index in [-0.39, 0.29) is 17.5 Å². The molecule has 0 radical (unpaired) electrons. The molecule has 3 rings (SSSR count). The van der Waals surface area contributed by atoms with Crippen molar-refractivity contribution in [2.45, 2.75) is 37.1 Å². The molecule has 2 aromatic heterocycles. The standard InChI is InChI=1S/C13H18N4O3S/c1-2-12-10-5-9(6-15-13(10)20-17-12)21(18,19)16-7-11(14)8-3-4-8/h5-6,8,11,16H,2-4,7,14H2,1H3. The van der Waals surface area contributed by atoms with Gasteiger partial charge in [-0.2, -0.15) is 0 Å². The molecule has 1 saturated carbocycles. The molecule has 0 aromatic carbocycles. The Morgan fingerprint density at radius 1 is 1.52 bits per heavy atom. The summed E-state index contributed by atoms with van der Waals surface area (Å²) in [5.74, 6) is 0.443. The summed E-state index contributed by atoms with van der Waals surface area (Å²) in [7, 11) is -3.62. The Morgan fingerprint density at radius 2 is 2.29 bits per heavy atom. The van der Waals surface area contributed by atoms with Gasteiger partial charge in [0.05, 0.1) is 17.3 Å². The first-order chi connectivity index (χ1) is 10.0. The van der Waals surface area contributed by atoms with E-state index in [4.69, 9.17) is 10.3 Å². The van der Waals surface area contributed by atoms with Gasteiger partial charge in [0.1, 0.15) is 4.90 Å². The van der Waals surface area contributed by atoms with Crippen molar-refractivity contribution in [1.82, 2.24) is 14.9 Å². The van der Waals surface area contributed by atoms with Crippen molar-refractivity contribution in [2.24, 2.45) is 11.7 Å². The zero-order valence-corrected chi connectivity index (χ0v) is 12.6. The molecule has 8 heteroatoms. The van der Waals surface area contributed by atoms with Gasteiger partial charge < -0.3 is 10.3 Å². The van der Waals surface area contributed by atoms with Crippen LogP contribution in [-0.2, 0) is 16.4 Å². The molecule has 0 bridgehead atoms. The molecule has 7 nitrogen and oxygen atoms in total. The Kier molecular flexibility index (Phi) is 3.68. The lowest BCUT2D eigenvalue weighted by Gasteiger charge is -2.11. The van der Waals surface area contributed by atoms with Crippen molar-refractivity contribution in [3.8, 4) is 0 Å². The molecule has 2 heterocycles. The first-order valence-corrected chi connectivity index (χ1v) is 8.49. The second-order valence-corrected chi connectivity index (χ2v) is 7.13. The fourth-order valence-corrected chi connectivity index (χ4v) is 3.29. The summed E-state index contributed by atoms with van der Waals surface area (Å²) in [5, 5.41) is 4.50. The van der Waals surface area contributed by atoms with Crippen LogP contribution in [0.5, 0.6) is 0 Å². The summed E-state index contributed by atoms with van der Waals surface area (Å²) in [6.45, 7) is 2.17. The fourth-order valence-electron chi connectivity index (χ4n) is 2.24. The topological polar surface area (TPSA) is 111 Å². The maximum atomic E-state index is 12.3. The highest BCUT2D eigenvalue weighted by atomic mass is 32.2.